The molecular weight excluding hydrogens is 368 g/mol. The van der Waals surface area contributed by atoms with Crippen molar-refractivity contribution in [1.29, 1.82) is 0 Å². The number of benzene rings is 2. The molecule has 0 aliphatic heterocycles. The summed E-state index contributed by atoms with van der Waals surface area (Å²) in [5.41, 5.74) is 3.93. The normalized spacial score (nSPS) is 19.7. The zero-order chi connectivity index (χ0) is 21.7. The second-order valence-corrected chi connectivity index (χ2v) is 9.37. The van der Waals surface area contributed by atoms with Gasteiger partial charge in [0.15, 0.2) is 0 Å². The van der Waals surface area contributed by atoms with Gasteiger partial charge in [-0.05, 0) is 63.3 Å². The van der Waals surface area contributed by atoms with E-state index in [1.54, 1.807) is 0 Å². The zero-order valence-electron chi connectivity index (χ0n) is 19.4. The first kappa shape index (κ1) is 22.6. The molecule has 0 unspecified atom stereocenters. The quantitative estimate of drug-likeness (QED) is 0.580. The summed E-state index contributed by atoms with van der Waals surface area (Å²) < 4.78 is 0. The minimum absolute atomic E-state index is 0.0362. The molecule has 0 heterocycles. The van der Waals surface area contributed by atoms with Gasteiger partial charge in [0.25, 0.3) is 0 Å². The van der Waals surface area contributed by atoms with Crippen LogP contribution in [0.3, 0.4) is 0 Å². The van der Waals surface area contributed by atoms with Crippen LogP contribution in [0.1, 0.15) is 69.1 Å². The van der Waals surface area contributed by atoms with E-state index in [4.69, 9.17) is 0 Å². The van der Waals surface area contributed by atoms with Crippen molar-refractivity contribution in [3.8, 4) is 0 Å². The largest absolute Gasteiger partial charge is 0.346 e. The Hall–Kier alpha value is -2.13. The summed E-state index contributed by atoms with van der Waals surface area (Å²) in [6, 6.07) is 19.7. The van der Waals surface area contributed by atoms with Gasteiger partial charge in [0, 0.05) is 31.6 Å². The van der Waals surface area contributed by atoms with Crippen LogP contribution in [-0.2, 0) is 16.9 Å². The first-order chi connectivity index (χ1) is 14.3. The molecule has 2 aromatic rings. The first-order valence-electron chi connectivity index (χ1n) is 11.4. The monoisotopic (exact) mass is 406 g/mol. The third-order valence-electron chi connectivity index (χ3n) is 7.20. The lowest BCUT2D eigenvalue weighted by Crippen LogP contribution is -2.38. The van der Waals surface area contributed by atoms with Crippen LogP contribution in [0.15, 0.2) is 54.6 Å². The Labute approximate surface area is 183 Å². The highest BCUT2D eigenvalue weighted by atomic mass is 16.2. The Balaban J connectivity index is 1.71. The van der Waals surface area contributed by atoms with Crippen molar-refractivity contribution < 1.29 is 4.79 Å². The predicted octanol–water partition coefficient (Wildman–Crippen LogP) is 5.81. The van der Waals surface area contributed by atoms with Gasteiger partial charge in [-0.25, -0.2) is 0 Å². The van der Waals surface area contributed by atoms with Gasteiger partial charge in [-0.3, -0.25) is 9.69 Å². The molecule has 2 aromatic carbocycles. The van der Waals surface area contributed by atoms with E-state index in [0.717, 1.165) is 25.9 Å². The fraction of sp³-hybridized carbons (Fsp3) is 0.519. The minimum Gasteiger partial charge on any atom is -0.346 e. The molecule has 1 aliphatic carbocycles. The highest BCUT2D eigenvalue weighted by Crippen LogP contribution is 2.39. The third-order valence-corrected chi connectivity index (χ3v) is 7.20. The lowest BCUT2D eigenvalue weighted by Gasteiger charge is -2.36. The lowest BCUT2D eigenvalue weighted by molar-refractivity contribution is -0.135. The molecule has 0 spiro atoms. The molecule has 30 heavy (non-hydrogen) atoms. The number of hydrogen-bond acceptors (Lipinski definition) is 2. The van der Waals surface area contributed by atoms with Crippen molar-refractivity contribution in [3.63, 3.8) is 0 Å². The maximum atomic E-state index is 12.9. The second kappa shape index (κ2) is 9.78. The van der Waals surface area contributed by atoms with Gasteiger partial charge < -0.3 is 4.90 Å². The second-order valence-electron chi connectivity index (χ2n) is 9.37. The fourth-order valence-electron chi connectivity index (χ4n) is 4.67. The molecular formula is C27H38N2O. The van der Waals surface area contributed by atoms with Gasteiger partial charge >= 0.3 is 0 Å². The van der Waals surface area contributed by atoms with Crippen LogP contribution in [0.5, 0.6) is 0 Å². The topological polar surface area (TPSA) is 23.6 Å². The molecule has 1 fully saturated rings. The van der Waals surface area contributed by atoms with Crippen molar-refractivity contribution in [1.82, 2.24) is 9.80 Å². The van der Waals surface area contributed by atoms with E-state index in [2.05, 4.69) is 87.3 Å². The number of hydrogen-bond donors (Lipinski definition) is 0. The highest BCUT2D eigenvalue weighted by Gasteiger charge is 2.33. The van der Waals surface area contributed by atoms with Crippen molar-refractivity contribution in [2.75, 3.05) is 20.6 Å². The maximum absolute atomic E-state index is 12.9. The van der Waals surface area contributed by atoms with Crippen molar-refractivity contribution in [3.05, 3.63) is 71.3 Å². The van der Waals surface area contributed by atoms with Crippen LogP contribution in [0.25, 0.3) is 0 Å². The Morgan fingerprint density at radius 3 is 2.23 bits per heavy atom. The predicted molar refractivity (Wildman–Crippen MR) is 125 cm³/mol. The molecule has 1 amide bonds. The smallest absolute Gasteiger partial charge is 0.226 e. The highest BCUT2D eigenvalue weighted by molar-refractivity contribution is 5.79. The van der Waals surface area contributed by atoms with Crippen LogP contribution in [0.2, 0.25) is 0 Å². The van der Waals surface area contributed by atoms with Crippen LogP contribution >= 0.6 is 0 Å². The molecule has 0 saturated heterocycles. The van der Waals surface area contributed by atoms with Gasteiger partial charge in [0.1, 0.15) is 0 Å². The fourth-order valence-corrected chi connectivity index (χ4v) is 4.67. The van der Waals surface area contributed by atoms with Crippen LogP contribution in [0.4, 0.5) is 0 Å². The van der Waals surface area contributed by atoms with Crippen molar-refractivity contribution in [2.45, 2.75) is 64.5 Å². The molecule has 2 atom stereocenters. The molecule has 0 radical (unpaired) electrons. The first-order valence-corrected chi connectivity index (χ1v) is 11.4. The molecule has 0 bridgehead atoms. The Morgan fingerprint density at radius 2 is 1.60 bits per heavy atom. The zero-order valence-corrected chi connectivity index (χ0v) is 19.4. The number of rotatable bonds is 7. The molecule has 0 N–H and O–H groups in total. The summed E-state index contributed by atoms with van der Waals surface area (Å²) in [5, 5.41) is 0. The Bertz CT molecular complexity index is 813. The standard InChI is InChI=1S/C27H38N2O/c1-6-28(4)26(30)25-15-11-10-14-24(25)22-18-16-21(17-19-22)20-29(5)27(2,3)23-12-8-7-9-13-23/h7-9,12-13,16-19,24-25H,6,10-11,14-15,20H2,1-5H3/t24-,25+/m1/s1. The van der Waals surface area contributed by atoms with Gasteiger partial charge in [0.05, 0.1) is 0 Å². The third kappa shape index (κ3) is 4.95. The van der Waals surface area contributed by atoms with E-state index in [1.807, 2.05) is 11.9 Å². The number of amides is 1. The van der Waals surface area contributed by atoms with Gasteiger partial charge in [-0.2, -0.15) is 0 Å². The molecule has 3 heteroatoms. The van der Waals surface area contributed by atoms with E-state index in [9.17, 15) is 4.79 Å². The summed E-state index contributed by atoms with van der Waals surface area (Å²) in [7, 11) is 4.12. The molecule has 1 aliphatic rings. The van der Waals surface area contributed by atoms with Crippen LogP contribution in [0, 0.1) is 5.92 Å². The van der Waals surface area contributed by atoms with E-state index < -0.39 is 0 Å². The summed E-state index contributed by atoms with van der Waals surface area (Å²) >= 11 is 0. The van der Waals surface area contributed by atoms with Gasteiger partial charge in [-0.15, -0.1) is 0 Å². The number of nitrogens with zero attached hydrogens (tertiary/aromatic N) is 2. The lowest BCUT2D eigenvalue weighted by atomic mass is 9.74. The summed E-state index contributed by atoms with van der Waals surface area (Å²) in [4.78, 5) is 17.2. The molecule has 162 valence electrons. The number of carbonyl (C=O) groups excluding carboxylic acids is 1. The minimum atomic E-state index is -0.0362. The Kier molecular flexibility index (Phi) is 7.36. The van der Waals surface area contributed by atoms with E-state index in [1.165, 1.54) is 29.5 Å². The van der Waals surface area contributed by atoms with Gasteiger partial charge in [-0.1, -0.05) is 67.4 Å². The molecule has 3 nitrogen and oxygen atoms in total. The average molecular weight is 407 g/mol. The molecule has 3 rings (SSSR count). The maximum Gasteiger partial charge on any atom is 0.226 e. The summed E-state index contributed by atoms with van der Waals surface area (Å²) in [6.07, 6.45) is 4.53. The number of carbonyl (C=O) groups is 1. The van der Waals surface area contributed by atoms with E-state index in [0.29, 0.717) is 11.8 Å². The van der Waals surface area contributed by atoms with Crippen molar-refractivity contribution >= 4 is 5.91 Å². The molecule has 0 aromatic heterocycles. The van der Waals surface area contributed by atoms with E-state index in [-0.39, 0.29) is 11.5 Å². The van der Waals surface area contributed by atoms with Gasteiger partial charge in [0.2, 0.25) is 5.91 Å². The average Bonchev–Trinajstić information content (AvgIpc) is 2.79. The van der Waals surface area contributed by atoms with E-state index >= 15 is 0 Å². The Morgan fingerprint density at radius 1 is 0.967 bits per heavy atom. The molecule has 1 saturated carbocycles. The summed E-state index contributed by atoms with van der Waals surface area (Å²) in [5.74, 6) is 0.803. The summed E-state index contributed by atoms with van der Waals surface area (Å²) in [6.45, 7) is 8.29. The van der Waals surface area contributed by atoms with Crippen molar-refractivity contribution in [2.24, 2.45) is 5.92 Å². The SMILES string of the molecule is CCN(C)C(=O)[C@H]1CCCC[C@@H]1c1ccc(CN(C)C(C)(C)c2ccccc2)cc1. The van der Waals surface area contributed by atoms with Crippen LogP contribution < -0.4 is 0 Å². The van der Waals surface area contributed by atoms with Crippen LogP contribution in [-0.4, -0.2) is 36.3 Å².